The molecule has 1 amide bonds. The smallest absolute Gasteiger partial charge is 0.876 e. The van der Waals surface area contributed by atoms with Crippen molar-refractivity contribution in [2.24, 2.45) is 0 Å². The quantitative estimate of drug-likeness (QED) is 0.150. The van der Waals surface area contributed by atoms with E-state index in [1.807, 2.05) is 5.32 Å². The maximum Gasteiger partial charge on any atom is 1.00 e. The molecule has 6 heteroatoms. The molecule has 1 N–H and O–H groups in total. The summed E-state index contributed by atoms with van der Waals surface area (Å²) >= 11 is 0. The maximum atomic E-state index is 10.4. The second kappa shape index (κ2) is 7.59. The Labute approximate surface area is 85.7 Å². The molecule has 0 aliphatic carbocycles. The van der Waals surface area contributed by atoms with Gasteiger partial charge in [0.15, 0.2) is 0 Å². The molecule has 0 rings (SSSR count). The molecule has 0 saturated heterocycles. The Bertz CT molecular complexity index is 168. The molecular formula is C5H6NNaO4. The van der Waals surface area contributed by atoms with E-state index in [0.717, 1.165) is 7.11 Å². The van der Waals surface area contributed by atoms with Crippen molar-refractivity contribution in [2.75, 3.05) is 7.11 Å². The van der Waals surface area contributed by atoms with Crippen molar-refractivity contribution < 1.29 is 49.0 Å². The van der Waals surface area contributed by atoms with Gasteiger partial charge in [-0.05, 0) is 0 Å². The molecule has 0 aliphatic heterocycles. The number of nitrogens with one attached hydrogen (secondary N) is 1. The molecule has 0 saturated carbocycles. The van der Waals surface area contributed by atoms with Gasteiger partial charge in [-0.3, -0.25) is 4.79 Å². The van der Waals surface area contributed by atoms with Gasteiger partial charge in [-0.15, -0.1) is 6.26 Å². The summed E-state index contributed by atoms with van der Waals surface area (Å²) < 4.78 is 4.13. The zero-order valence-corrected chi connectivity index (χ0v) is 8.29. The maximum absolute atomic E-state index is 10.4. The number of methoxy groups -OCH3 is 1. The van der Waals surface area contributed by atoms with Crippen LogP contribution in [0.5, 0.6) is 0 Å². The monoisotopic (exact) mass is 167 g/mol. The third-order valence-corrected chi connectivity index (χ3v) is 0.738. The van der Waals surface area contributed by atoms with Gasteiger partial charge < -0.3 is 15.2 Å². The standard InChI is InChI=1S/C5H7NO4.Na/c1-10-5(9)4(2-7)6-3-8;/h2-3,7H,1H3,(H,6,8);/q;+1/p-1/b4-2-;. The molecular weight excluding hydrogens is 161 g/mol. The number of rotatable bonds is 3. The van der Waals surface area contributed by atoms with E-state index in [0.29, 0.717) is 0 Å². The summed E-state index contributed by atoms with van der Waals surface area (Å²) in [6.45, 7) is 0. The molecule has 0 radical (unpaired) electrons. The topological polar surface area (TPSA) is 78.5 Å². The summed E-state index contributed by atoms with van der Waals surface area (Å²) in [5.41, 5.74) is -0.405. The van der Waals surface area contributed by atoms with Crippen molar-refractivity contribution in [1.29, 1.82) is 0 Å². The van der Waals surface area contributed by atoms with Crippen LogP contribution in [-0.4, -0.2) is 19.5 Å². The summed E-state index contributed by atoms with van der Waals surface area (Å²) in [6, 6.07) is 0. The number of amides is 1. The van der Waals surface area contributed by atoms with Gasteiger partial charge in [0.2, 0.25) is 6.41 Å². The van der Waals surface area contributed by atoms with Gasteiger partial charge in [0.1, 0.15) is 5.70 Å². The molecule has 0 aromatic rings. The fourth-order valence-electron chi connectivity index (χ4n) is 0.314. The second-order valence-electron chi connectivity index (χ2n) is 1.29. The van der Waals surface area contributed by atoms with Crippen molar-refractivity contribution in [3.63, 3.8) is 0 Å². The van der Waals surface area contributed by atoms with Crippen LogP contribution in [-0.2, 0) is 14.3 Å². The molecule has 0 aliphatic rings. The minimum atomic E-state index is -0.859. The molecule has 11 heavy (non-hydrogen) atoms. The molecule has 0 fully saturated rings. The minimum Gasteiger partial charge on any atom is -0.876 e. The molecule has 0 unspecified atom stereocenters. The fourth-order valence-corrected chi connectivity index (χ4v) is 0.314. The predicted octanol–water partition coefficient (Wildman–Crippen LogP) is -4.89. The van der Waals surface area contributed by atoms with E-state index < -0.39 is 11.7 Å². The van der Waals surface area contributed by atoms with Crippen LogP contribution in [0.15, 0.2) is 12.0 Å². The molecule has 0 bridgehead atoms. The second-order valence-corrected chi connectivity index (χ2v) is 1.29. The Balaban J connectivity index is 0. The first-order valence-corrected chi connectivity index (χ1v) is 2.37. The van der Waals surface area contributed by atoms with Gasteiger partial charge in [-0.1, -0.05) is 0 Å². The normalized spacial score (nSPS) is 9.36. The molecule has 5 nitrogen and oxygen atoms in total. The van der Waals surface area contributed by atoms with Crippen LogP contribution in [0.4, 0.5) is 0 Å². The number of carbonyl (C=O) groups is 2. The van der Waals surface area contributed by atoms with Crippen molar-refractivity contribution in [3.05, 3.63) is 12.0 Å². The Hall–Kier alpha value is -0.520. The van der Waals surface area contributed by atoms with E-state index in [2.05, 4.69) is 4.74 Å². The van der Waals surface area contributed by atoms with Crippen molar-refractivity contribution in [3.8, 4) is 0 Å². The van der Waals surface area contributed by atoms with Crippen molar-refractivity contribution >= 4 is 12.4 Å². The van der Waals surface area contributed by atoms with Crippen LogP contribution >= 0.6 is 0 Å². The minimum absolute atomic E-state index is 0. The van der Waals surface area contributed by atoms with Crippen LogP contribution in [0.1, 0.15) is 0 Å². The third-order valence-electron chi connectivity index (χ3n) is 0.738. The zero-order valence-electron chi connectivity index (χ0n) is 6.29. The molecule has 56 valence electrons. The molecule has 0 spiro atoms. The van der Waals surface area contributed by atoms with E-state index in [1.54, 1.807) is 0 Å². The van der Waals surface area contributed by atoms with Crippen molar-refractivity contribution in [2.45, 2.75) is 0 Å². The Kier molecular flexibility index (Phi) is 9.03. The number of carbonyl (C=O) groups excluding carboxylic acids is 2. The Morgan fingerprint density at radius 2 is 2.18 bits per heavy atom. The van der Waals surface area contributed by atoms with E-state index in [1.165, 1.54) is 0 Å². The third kappa shape index (κ3) is 4.83. The van der Waals surface area contributed by atoms with Crippen LogP contribution in [0.3, 0.4) is 0 Å². The van der Waals surface area contributed by atoms with Gasteiger partial charge in [-0.25, -0.2) is 4.79 Å². The number of ether oxygens (including phenoxy) is 1. The van der Waals surface area contributed by atoms with E-state index >= 15 is 0 Å². The van der Waals surface area contributed by atoms with Gasteiger partial charge >= 0.3 is 35.5 Å². The van der Waals surface area contributed by atoms with E-state index in [4.69, 9.17) is 0 Å². The summed E-state index contributed by atoms with van der Waals surface area (Å²) in [5, 5.41) is 11.8. The summed E-state index contributed by atoms with van der Waals surface area (Å²) in [4.78, 5) is 20.1. The molecule has 0 atom stereocenters. The average molecular weight is 167 g/mol. The largest absolute Gasteiger partial charge is 1.00 e. The van der Waals surface area contributed by atoms with Gasteiger partial charge in [0.25, 0.3) is 0 Å². The van der Waals surface area contributed by atoms with E-state index in [9.17, 15) is 14.7 Å². The SMILES string of the molecule is COC(=O)/C(=C/[O-])NC=O.[Na+]. The summed E-state index contributed by atoms with van der Waals surface area (Å²) in [5.74, 6) is -0.859. The van der Waals surface area contributed by atoms with Crippen LogP contribution in [0.2, 0.25) is 0 Å². The predicted molar refractivity (Wildman–Crippen MR) is 29.3 cm³/mol. The Morgan fingerprint density at radius 1 is 1.64 bits per heavy atom. The first kappa shape index (κ1) is 13.1. The fraction of sp³-hybridized carbons (Fsp3) is 0.200. The zero-order chi connectivity index (χ0) is 7.98. The van der Waals surface area contributed by atoms with Gasteiger partial charge in [-0.2, -0.15) is 0 Å². The average Bonchev–Trinajstić information content (AvgIpc) is 1.99. The van der Waals surface area contributed by atoms with E-state index in [-0.39, 0.29) is 42.2 Å². The first-order chi connectivity index (χ1) is 4.76. The van der Waals surface area contributed by atoms with Crippen LogP contribution < -0.4 is 40.0 Å². The summed E-state index contributed by atoms with van der Waals surface area (Å²) in [7, 11) is 1.11. The number of hydrogen-bond acceptors (Lipinski definition) is 4. The number of hydrogen-bond donors (Lipinski definition) is 1. The van der Waals surface area contributed by atoms with Gasteiger partial charge in [0, 0.05) is 0 Å². The van der Waals surface area contributed by atoms with Gasteiger partial charge in [0.05, 0.1) is 7.11 Å². The molecule has 0 aromatic carbocycles. The van der Waals surface area contributed by atoms with Crippen LogP contribution in [0, 0.1) is 0 Å². The molecule has 0 aromatic heterocycles. The molecule has 0 heterocycles. The first-order valence-electron chi connectivity index (χ1n) is 2.37. The van der Waals surface area contributed by atoms with Crippen molar-refractivity contribution in [1.82, 2.24) is 5.32 Å². The summed E-state index contributed by atoms with van der Waals surface area (Å²) in [6.07, 6.45) is 0.431. The Morgan fingerprint density at radius 3 is 2.45 bits per heavy atom. The van der Waals surface area contributed by atoms with Crippen LogP contribution in [0.25, 0.3) is 0 Å². The number of esters is 1.